The van der Waals surface area contributed by atoms with Crippen LogP contribution in [0.4, 0.5) is 0 Å². The van der Waals surface area contributed by atoms with E-state index in [0.29, 0.717) is 5.92 Å². The second kappa shape index (κ2) is 6.83. The first-order valence-corrected chi connectivity index (χ1v) is 8.64. The molecule has 0 N–H and O–H groups in total. The number of benzene rings is 1. The molecule has 1 heteroatoms. The minimum Gasteiger partial charge on any atom is -0.373 e. The lowest BCUT2D eigenvalue weighted by Crippen LogP contribution is -2.38. The fourth-order valence-electron chi connectivity index (χ4n) is 3.95. The van der Waals surface area contributed by atoms with E-state index in [1.54, 1.807) is 5.57 Å². The summed E-state index contributed by atoms with van der Waals surface area (Å²) >= 11 is 0. The molecule has 118 valence electrons. The highest BCUT2D eigenvalue weighted by atomic mass is 16.5. The quantitative estimate of drug-likeness (QED) is 0.650. The molecule has 2 aliphatic rings. The molecule has 4 atom stereocenters. The molecule has 0 aromatic heterocycles. The van der Waals surface area contributed by atoms with Crippen molar-refractivity contribution in [3.05, 3.63) is 59.2 Å². The fourth-order valence-corrected chi connectivity index (χ4v) is 3.95. The van der Waals surface area contributed by atoms with Crippen molar-refractivity contribution in [3.8, 4) is 0 Å². The maximum absolute atomic E-state index is 6.30. The summed E-state index contributed by atoms with van der Waals surface area (Å²) < 4.78 is 6.30. The van der Waals surface area contributed by atoms with Crippen LogP contribution < -0.4 is 0 Å². The molecule has 1 aromatic rings. The van der Waals surface area contributed by atoms with Gasteiger partial charge in [-0.2, -0.15) is 0 Å². The van der Waals surface area contributed by atoms with Crippen LogP contribution in [0, 0.1) is 17.8 Å². The third kappa shape index (κ3) is 3.35. The lowest BCUT2D eigenvalue weighted by molar-refractivity contribution is -0.0746. The Morgan fingerprint density at radius 3 is 2.73 bits per heavy atom. The van der Waals surface area contributed by atoms with Crippen LogP contribution in [0.25, 0.3) is 0 Å². The van der Waals surface area contributed by atoms with Crippen molar-refractivity contribution in [3.63, 3.8) is 0 Å². The van der Waals surface area contributed by atoms with E-state index in [1.807, 2.05) is 0 Å². The zero-order chi connectivity index (χ0) is 15.5. The van der Waals surface area contributed by atoms with E-state index in [0.717, 1.165) is 24.9 Å². The van der Waals surface area contributed by atoms with Crippen molar-refractivity contribution in [2.75, 3.05) is 6.61 Å². The van der Waals surface area contributed by atoms with Crippen molar-refractivity contribution < 1.29 is 4.74 Å². The Morgan fingerprint density at radius 2 is 2.00 bits per heavy atom. The Bertz CT molecular complexity index is 551. The fraction of sp³-hybridized carbons (Fsp3) is 0.524. The summed E-state index contributed by atoms with van der Waals surface area (Å²) in [6.45, 7) is 7.67. The van der Waals surface area contributed by atoms with E-state index >= 15 is 0 Å². The SMILES string of the molecule is CC(C)=CC/C=C1/CC(C)[C@H]2COC(c3ccccc3)[C@@H]1C2. The molecule has 2 fully saturated rings. The molecule has 0 spiro atoms. The standard InChI is InChI=1S/C21H28O/c1-15(2)8-7-11-18-12-16(3)19-13-20(18)21(22-14-19)17-9-5-4-6-10-17/h4-6,8-11,16,19-21H,7,12-14H2,1-3H3/b18-11-/t16?,19-,20-,21?/m1/s1. The van der Waals surface area contributed by atoms with Crippen LogP contribution in [0.2, 0.25) is 0 Å². The van der Waals surface area contributed by atoms with E-state index in [9.17, 15) is 0 Å². The lowest BCUT2D eigenvalue weighted by atomic mass is 9.67. The van der Waals surface area contributed by atoms with Crippen LogP contribution in [-0.2, 0) is 4.74 Å². The molecular formula is C21H28O. The first kappa shape index (κ1) is 15.6. The summed E-state index contributed by atoms with van der Waals surface area (Å²) in [5.41, 5.74) is 4.36. The van der Waals surface area contributed by atoms with E-state index in [1.165, 1.54) is 24.0 Å². The smallest absolute Gasteiger partial charge is 0.0890 e. The first-order chi connectivity index (χ1) is 10.6. The number of fused-ring (bicyclic) bond motifs is 2. The van der Waals surface area contributed by atoms with Crippen molar-refractivity contribution in [2.45, 2.75) is 46.1 Å². The second-order valence-electron chi connectivity index (χ2n) is 7.24. The van der Waals surface area contributed by atoms with Crippen LogP contribution in [0.3, 0.4) is 0 Å². The van der Waals surface area contributed by atoms with Gasteiger partial charge >= 0.3 is 0 Å². The molecule has 2 bridgehead atoms. The Hall–Kier alpha value is -1.34. The molecule has 1 heterocycles. The number of hydrogen-bond acceptors (Lipinski definition) is 1. The highest BCUT2D eigenvalue weighted by molar-refractivity contribution is 5.25. The first-order valence-electron chi connectivity index (χ1n) is 8.64. The van der Waals surface area contributed by atoms with Crippen LogP contribution >= 0.6 is 0 Å². The summed E-state index contributed by atoms with van der Waals surface area (Å²) in [5, 5.41) is 0. The summed E-state index contributed by atoms with van der Waals surface area (Å²) in [6.07, 6.45) is 8.65. The largest absolute Gasteiger partial charge is 0.373 e. The molecule has 1 aliphatic heterocycles. The number of hydrogen-bond donors (Lipinski definition) is 0. The lowest BCUT2D eigenvalue weighted by Gasteiger charge is -2.45. The zero-order valence-corrected chi connectivity index (χ0v) is 14.1. The Labute approximate surface area is 135 Å². The van der Waals surface area contributed by atoms with Crippen LogP contribution in [0.1, 0.15) is 51.7 Å². The van der Waals surface area contributed by atoms with Crippen molar-refractivity contribution >= 4 is 0 Å². The average molecular weight is 296 g/mol. The molecule has 2 unspecified atom stereocenters. The Morgan fingerprint density at radius 1 is 1.23 bits per heavy atom. The summed E-state index contributed by atoms with van der Waals surface area (Å²) in [5.74, 6) is 2.07. The summed E-state index contributed by atoms with van der Waals surface area (Å²) in [7, 11) is 0. The molecule has 1 saturated carbocycles. The average Bonchev–Trinajstić information content (AvgIpc) is 2.53. The normalized spacial score (nSPS) is 32.8. The monoisotopic (exact) mass is 296 g/mol. The highest BCUT2D eigenvalue weighted by Crippen LogP contribution is 2.48. The predicted octanol–water partition coefficient (Wildman–Crippen LogP) is 5.70. The van der Waals surface area contributed by atoms with Gasteiger partial charge in [-0.05, 0) is 50.5 Å². The summed E-state index contributed by atoms with van der Waals surface area (Å²) in [4.78, 5) is 0. The topological polar surface area (TPSA) is 9.23 Å². The molecule has 1 aromatic carbocycles. The highest BCUT2D eigenvalue weighted by Gasteiger charge is 2.40. The third-order valence-corrected chi connectivity index (χ3v) is 5.28. The van der Waals surface area contributed by atoms with E-state index in [2.05, 4.69) is 63.3 Å². The van der Waals surface area contributed by atoms with E-state index < -0.39 is 0 Å². The Kier molecular flexibility index (Phi) is 4.83. The van der Waals surface area contributed by atoms with E-state index in [-0.39, 0.29) is 6.10 Å². The maximum Gasteiger partial charge on any atom is 0.0890 e. The van der Waals surface area contributed by atoms with Crippen molar-refractivity contribution in [2.24, 2.45) is 17.8 Å². The van der Waals surface area contributed by atoms with Gasteiger partial charge in [-0.1, -0.05) is 60.6 Å². The number of rotatable bonds is 3. The minimum atomic E-state index is 0.253. The molecule has 1 nitrogen and oxygen atoms in total. The second-order valence-corrected chi connectivity index (χ2v) is 7.24. The van der Waals surface area contributed by atoms with E-state index in [4.69, 9.17) is 4.74 Å². The molecular weight excluding hydrogens is 268 g/mol. The Balaban J connectivity index is 1.84. The van der Waals surface area contributed by atoms with Gasteiger partial charge in [0.25, 0.3) is 0 Å². The van der Waals surface area contributed by atoms with Gasteiger partial charge in [0.05, 0.1) is 12.7 Å². The number of allylic oxidation sites excluding steroid dienone is 3. The van der Waals surface area contributed by atoms with Gasteiger partial charge < -0.3 is 4.74 Å². The minimum absolute atomic E-state index is 0.253. The maximum atomic E-state index is 6.30. The summed E-state index contributed by atoms with van der Waals surface area (Å²) in [6, 6.07) is 10.8. The van der Waals surface area contributed by atoms with Crippen molar-refractivity contribution in [1.82, 2.24) is 0 Å². The van der Waals surface area contributed by atoms with Crippen LogP contribution in [0.5, 0.6) is 0 Å². The molecule has 1 aliphatic carbocycles. The van der Waals surface area contributed by atoms with Gasteiger partial charge in [0.1, 0.15) is 0 Å². The molecule has 0 amide bonds. The molecule has 1 saturated heterocycles. The molecule has 22 heavy (non-hydrogen) atoms. The predicted molar refractivity (Wildman–Crippen MR) is 92.6 cm³/mol. The van der Waals surface area contributed by atoms with Gasteiger partial charge in [-0.3, -0.25) is 0 Å². The van der Waals surface area contributed by atoms with Gasteiger partial charge in [0, 0.05) is 5.92 Å². The number of ether oxygens (including phenoxy) is 1. The van der Waals surface area contributed by atoms with Gasteiger partial charge in [0.2, 0.25) is 0 Å². The molecule has 0 radical (unpaired) electrons. The van der Waals surface area contributed by atoms with Gasteiger partial charge in [-0.15, -0.1) is 0 Å². The molecule has 3 rings (SSSR count). The van der Waals surface area contributed by atoms with Crippen LogP contribution in [0.15, 0.2) is 53.6 Å². The third-order valence-electron chi connectivity index (χ3n) is 5.28. The van der Waals surface area contributed by atoms with Crippen LogP contribution in [-0.4, -0.2) is 6.61 Å². The van der Waals surface area contributed by atoms with Crippen molar-refractivity contribution in [1.29, 1.82) is 0 Å². The zero-order valence-electron chi connectivity index (χ0n) is 14.1. The van der Waals surface area contributed by atoms with Gasteiger partial charge in [0.15, 0.2) is 0 Å². The van der Waals surface area contributed by atoms with Gasteiger partial charge in [-0.25, -0.2) is 0 Å².